The molecule has 1 amide bonds. The highest BCUT2D eigenvalue weighted by Gasteiger charge is 2.48. The van der Waals surface area contributed by atoms with E-state index in [2.05, 4.69) is 5.32 Å². The lowest BCUT2D eigenvalue weighted by Crippen LogP contribution is -2.44. The maximum atomic E-state index is 13.0. The van der Waals surface area contributed by atoms with E-state index in [9.17, 15) is 26.4 Å². The van der Waals surface area contributed by atoms with E-state index in [0.717, 1.165) is 18.9 Å². The fraction of sp³-hybridized carbons (Fsp3) is 0.562. The summed E-state index contributed by atoms with van der Waals surface area (Å²) in [5, 5.41) is 2.90. The molecule has 1 saturated heterocycles. The second kappa shape index (κ2) is 6.51. The summed E-state index contributed by atoms with van der Waals surface area (Å²) < 4.78 is 62.6. The second-order valence-electron chi connectivity index (χ2n) is 6.48. The molecule has 1 aliphatic carbocycles. The molecule has 9 heteroatoms. The van der Waals surface area contributed by atoms with Crippen molar-refractivity contribution in [2.45, 2.75) is 42.1 Å². The molecule has 0 spiro atoms. The molecule has 1 aromatic carbocycles. The van der Waals surface area contributed by atoms with Crippen molar-refractivity contribution in [1.82, 2.24) is 5.32 Å². The van der Waals surface area contributed by atoms with Gasteiger partial charge in [-0.2, -0.15) is 13.2 Å². The predicted octanol–water partition coefficient (Wildman–Crippen LogP) is 2.48. The highest BCUT2D eigenvalue weighted by atomic mass is 32.2. The zero-order chi connectivity index (χ0) is 18.2. The third-order valence-corrected chi connectivity index (χ3v) is 6.05. The summed E-state index contributed by atoms with van der Waals surface area (Å²) in [6.07, 6.45) is 3.16. The number of benzene rings is 1. The first-order valence-corrected chi connectivity index (χ1v) is 9.64. The highest BCUT2D eigenvalue weighted by Crippen LogP contribution is 2.37. The maximum Gasteiger partial charge on any atom is 0.501 e. The van der Waals surface area contributed by atoms with Crippen molar-refractivity contribution in [3.8, 4) is 0 Å². The third-order valence-electron chi connectivity index (χ3n) is 4.52. The van der Waals surface area contributed by atoms with Gasteiger partial charge in [0.2, 0.25) is 5.91 Å². The summed E-state index contributed by atoms with van der Waals surface area (Å²) >= 11 is 0. The molecular formula is C16H19F3N2O3S. The largest absolute Gasteiger partial charge is 0.501 e. The fourth-order valence-electron chi connectivity index (χ4n) is 3.03. The van der Waals surface area contributed by atoms with Crippen molar-refractivity contribution in [1.29, 1.82) is 0 Å². The van der Waals surface area contributed by atoms with E-state index in [1.165, 1.54) is 18.2 Å². The number of carbonyl (C=O) groups excluding carboxylic acids is 1. The molecule has 1 unspecified atom stereocenters. The minimum atomic E-state index is -5.45. The molecule has 25 heavy (non-hydrogen) atoms. The molecule has 1 heterocycles. The van der Waals surface area contributed by atoms with Gasteiger partial charge in [-0.05, 0) is 37.8 Å². The number of para-hydroxylation sites is 1. The Bertz CT molecular complexity index is 760. The number of nitrogens with one attached hydrogen (secondary N) is 1. The first-order valence-electron chi connectivity index (χ1n) is 8.16. The van der Waals surface area contributed by atoms with E-state index < -0.39 is 20.2 Å². The lowest BCUT2D eigenvalue weighted by molar-refractivity contribution is -0.125. The SMILES string of the molecule is O=C(NC1CC1)C1CCCN(c2ccccc2S(=O)(=O)C(F)(F)F)C1. The lowest BCUT2D eigenvalue weighted by Gasteiger charge is -2.34. The van der Waals surface area contributed by atoms with Gasteiger partial charge in [0.15, 0.2) is 0 Å². The van der Waals surface area contributed by atoms with Gasteiger partial charge in [0.25, 0.3) is 9.84 Å². The van der Waals surface area contributed by atoms with Gasteiger partial charge in [-0.25, -0.2) is 8.42 Å². The zero-order valence-electron chi connectivity index (χ0n) is 13.4. The van der Waals surface area contributed by atoms with Crippen LogP contribution in [0.4, 0.5) is 18.9 Å². The molecule has 0 radical (unpaired) electrons. The van der Waals surface area contributed by atoms with Crippen LogP contribution in [0, 0.1) is 5.92 Å². The molecule has 1 aliphatic heterocycles. The summed E-state index contributed by atoms with van der Waals surface area (Å²) in [6.45, 7) is 0.626. The van der Waals surface area contributed by atoms with Crippen molar-refractivity contribution in [3.63, 3.8) is 0 Å². The van der Waals surface area contributed by atoms with Crippen LogP contribution in [0.1, 0.15) is 25.7 Å². The van der Waals surface area contributed by atoms with Gasteiger partial charge in [0, 0.05) is 19.1 Å². The minimum Gasteiger partial charge on any atom is -0.370 e. The Labute approximate surface area is 144 Å². The average Bonchev–Trinajstić information content (AvgIpc) is 3.38. The highest BCUT2D eigenvalue weighted by molar-refractivity contribution is 7.92. The number of hydrogen-bond acceptors (Lipinski definition) is 4. The van der Waals surface area contributed by atoms with Crippen LogP contribution in [0.2, 0.25) is 0 Å². The molecule has 1 atom stereocenters. The van der Waals surface area contributed by atoms with Gasteiger partial charge in [-0.3, -0.25) is 4.79 Å². The topological polar surface area (TPSA) is 66.5 Å². The van der Waals surface area contributed by atoms with E-state index >= 15 is 0 Å². The molecule has 5 nitrogen and oxygen atoms in total. The number of hydrogen-bond donors (Lipinski definition) is 1. The minimum absolute atomic E-state index is 0.00347. The number of halogens is 3. The number of alkyl halides is 3. The number of sulfone groups is 1. The van der Waals surface area contributed by atoms with Gasteiger partial charge < -0.3 is 10.2 Å². The Morgan fingerprint density at radius 2 is 1.84 bits per heavy atom. The monoisotopic (exact) mass is 376 g/mol. The Morgan fingerprint density at radius 1 is 1.16 bits per heavy atom. The third kappa shape index (κ3) is 3.75. The predicted molar refractivity (Wildman–Crippen MR) is 85.8 cm³/mol. The van der Waals surface area contributed by atoms with Crippen molar-refractivity contribution < 1.29 is 26.4 Å². The molecule has 138 valence electrons. The summed E-state index contributed by atoms with van der Waals surface area (Å²) in [6, 6.07) is 5.30. The van der Waals surface area contributed by atoms with E-state index in [-0.39, 0.29) is 30.1 Å². The lowest BCUT2D eigenvalue weighted by atomic mass is 9.96. The summed E-state index contributed by atoms with van der Waals surface area (Å²) in [4.78, 5) is 13.0. The molecule has 1 aromatic rings. The van der Waals surface area contributed by atoms with Gasteiger partial charge >= 0.3 is 5.51 Å². The molecular weight excluding hydrogens is 357 g/mol. The Hall–Kier alpha value is -1.77. The van der Waals surface area contributed by atoms with E-state index in [1.807, 2.05) is 0 Å². The van der Waals surface area contributed by atoms with Crippen molar-refractivity contribution in [3.05, 3.63) is 24.3 Å². The molecule has 1 saturated carbocycles. The number of piperidine rings is 1. The number of anilines is 1. The van der Waals surface area contributed by atoms with Crippen LogP contribution in [0.5, 0.6) is 0 Å². The molecule has 3 rings (SSSR count). The van der Waals surface area contributed by atoms with Crippen LogP contribution in [0.25, 0.3) is 0 Å². The molecule has 0 aromatic heterocycles. The summed E-state index contributed by atoms with van der Waals surface area (Å²) in [5.74, 6) is -0.459. The molecule has 0 bridgehead atoms. The van der Waals surface area contributed by atoms with Crippen LogP contribution in [-0.4, -0.2) is 39.0 Å². The second-order valence-corrected chi connectivity index (χ2v) is 8.39. The van der Waals surface area contributed by atoms with Crippen LogP contribution >= 0.6 is 0 Å². The Balaban J connectivity index is 1.85. The van der Waals surface area contributed by atoms with E-state index in [0.29, 0.717) is 19.4 Å². The van der Waals surface area contributed by atoms with Gasteiger partial charge in [0.05, 0.1) is 16.5 Å². The van der Waals surface area contributed by atoms with Crippen molar-refractivity contribution >= 4 is 21.4 Å². The normalized spacial score (nSPS) is 21.9. The van der Waals surface area contributed by atoms with Gasteiger partial charge in [-0.15, -0.1) is 0 Å². The van der Waals surface area contributed by atoms with Crippen LogP contribution < -0.4 is 10.2 Å². The number of carbonyl (C=O) groups is 1. The standard InChI is InChI=1S/C16H19F3N2O3S/c17-16(18,19)25(23,24)14-6-2-1-5-13(14)21-9-3-4-11(10-21)15(22)20-12-7-8-12/h1-2,5-6,11-12H,3-4,7-10H2,(H,20,22). The summed E-state index contributed by atoms with van der Waals surface area (Å²) in [5.41, 5.74) is -5.36. The van der Waals surface area contributed by atoms with Crippen LogP contribution in [-0.2, 0) is 14.6 Å². The number of nitrogens with zero attached hydrogens (tertiary/aromatic N) is 1. The quantitative estimate of drug-likeness (QED) is 0.877. The first-order chi connectivity index (χ1) is 11.7. The van der Waals surface area contributed by atoms with Gasteiger partial charge in [0.1, 0.15) is 0 Å². The van der Waals surface area contributed by atoms with Crippen molar-refractivity contribution in [2.24, 2.45) is 5.92 Å². The first kappa shape index (κ1) is 18.0. The van der Waals surface area contributed by atoms with E-state index in [1.54, 1.807) is 4.90 Å². The molecule has 1 N–H and O–H groups in total. The average molecular weight is 376 g/mol. The van der Waals surface area contributed by atoms with Gasteiger partial charge in [-0.1, -0.05) is 12.1 Å². The molecule has 2 fully saturated rings. The smallest absolute Gasteiger partial charge is 0.370 e. The fourth-order valence-corrected chi connectivity index (χ4v) is 4.01. The Kier molecular flexibility index (Phi) is 4.70. The van der Waals surface area contributed by atoms with E-state index in [4.69, 9.17) is 0 Å². The van der Waals surface area contributed by atoms with Crippen LogP contribution in [0.15, 0.2) is 29.2 Å². The number of amides is 1. The van der Waals surface area contributed by atoms with Crippen LogP contribution in [0.3, 0.4) is 0 Å². The summed E-state index contributed by atoms with van der Waals surface area (Å²) in [7, 11) is -5.45. The maximum absolute atomic E-state index is 13.0. The van der Waals surface area contributed by atoms with Crippen molar-refractivity contribution in [2.75, 3.05) is 18.0 Å². The Morgan fingerprint density at radius 3 is 2.48 bits per heavy atom. The molecule has 2 aliphatic rings. The number of rotatable bonds is 4. The zero-order valence-corrected chi connectivity index (χ0v) is 14.2.